The molecule has 0 saturated carbocycles. The van der Waals surface area contributed by atoms with Crippen molar-refractivity contribution in [3.05, 3.63) is 57.8 Å². The molecule has 2 aromatic carbocycles. The van der Waals surface area contributed by atoms with Gasteiger partial charge in [-0.25, -0.2) is 4.39 Å². The van der Waals surface area contributed by atoms with E-state index in [1.807, 2.05) is 0 Å². The third-order valence-electron chi connectivity index (χ3n) is 2.20. The van der Waals surface area contributed by atoms with E-state index in [0.717, 1.165) is 22.7 Å². The van der Waals surface area contributed by atoms with Crippen molar-refractivity contribution < 1.29 is 17.0 Å². The van der Waals surface area contributed by atoms with E-state index in [4.69, 9.17) is 15.8 Å². The first-order chi connectivity index (χ1) is 8.88. The third kappa shape index (κ3) is 3.46. The Morgan fingerprint density at radius 3 is 2.32 bits per heavy atom. The molecule has 0 aliphatic rings. The van der Waals surface area contributed by atoms with Gasteiger partial charge >= 0.3 is 10.1 Å². The zero-order chi connectivity index (χ0) is 14.0. The van der Waals surface area contributed by atoms with Crippen molar-refractivity contribution in [2.75, 3.05) is 0 Å². The Morgan fingerprint density at radius 2 is 1.74 bits per heavy atom. The van der Waals surface area contributed by atoms with Crippen LogP contribution in [0.25, 0.3) is 0 Å². The Kier molecular flexibility index (Phi) is 4.13. The molecule has 2 aromatic rings. The molecule has 0 atom stereocenters. The molecule has 7 heteroatoms. The molecule has 2 rings (SSSR count). The van der Waals surface area contributed by atoms with Gasteiger partial charge in [-0.2, -0.15) is 8.42 Å². The predicted molar refractivity (Wildman–Crippen MR) is 73.4 cm³/mol. The highest BCUT2D eigenvalue weighted by molar-refractivity contribution is 9.10. The van der Waals surface area contributed by atoms with E-state index in [-0.39, 0.29) is 15.7 Å². The smallest absolute Gasteiger partial charge is 0.339 e. The van der Waals surface area contributed by atoms with E-state index in [1.165, 1.54) is 12.1 Å². The van der Waals surface area contributed by atoms with E-state index in [0.29, 0.717) is 0 Å². The molecule has 19 heavy (non-hydrogen) atoms. The largest absolute Gasteiger partial charge is 0.377 e. The van der Waals surface area contributed by atoms with Crippen molar-refractivity contribution in [2.24, 2.45) is 0 Å². The second-order valence-corrected chi connectivity index (χ2v) is 6.44. The van der Waals surface area contributed by atoms with Crippen LogP contribution in [0.3, 0.4) is 0 Å². The predicted octanol–water partition coefficient (Wildman–Crippen LogP) is 4.01. The van der Waals surface area contributed by atoms with Crippen LogP contribution in [0.2, 0.25) is 5.02 Å². The molecule has 3 nitrogen and oxygen atoms in total. The normalized spacial score (nSPS) is 11.3. The summed E-state index contributed by atoms with van der Waals surface area (Å²) in [5.41, 5.74) is 0. The quantitative estimate of drug-likeness (QED) is 0.772. The molecular weight excluding hydrogens is 359 g/mol. The molecule has 0 unspecified atom stereocenters. The number of benzene rings is 2. The Hall–Kier alpha value is -1.11. The Bertz CT molecular complexity index is 701. The SMILES string of the molecule is O=S(=O)(Oc1ccc(F)cc1Cl)c1ccc(Br)cc1. The summed E-state index contributed by atoms with van der Waals surface area (Å²) in [5, 5.41) is -0.110. The Balaban J connectivity index is 2.33. The molecule has 0 aliphatic heterocycles. The van der Waals surface area contributed by atoms with Gasteiger partial charge in [-0.3, -0.25) is 0 Å². The molecule has 0 saturated heterocycles. The van der Waals surface area contributed by atoms with Crippen molar-refractivity contribution in [3.63, 3.8) is 0 Å². The van der Waals surface area contributed by atoms with Crippen LogP contribution in [0.15, 0.2) is 51.8 Å². The molecular formula is C12H7BrClFO3S. The summed E-state index contributed by atoms with van der Waals surface area (Å²) in [6, 6.07) is 9.12. The molecule has 0 radical (unpaired) electrons. The van der Waals surface area contributed by atoms with Gasteiger partial charge in [0.2, 0.25) is 0 Å². The summed E-state index contributed by atoms with van der Waals surface area (Å²) in [6.45, 7) is 0. The van der Waals surface area contributed by atoms with E-state index >= 15 is 0 Å². The minimum Gasteiger partial charge on any atom is -0.377 e. The highest BCUT2D eigenvalue weighted by Gasteiger charge is 2.18. The maximum absolute atomic E-state index is 12.9. The summed E-state index contributed by atoms with van der Waals surface area (Å²) in [6.07, 6.45) is 0. The summed E-state index contributed by atoms with van der Waals surface area (Å²) < 4.78 is 42.4. The van der Waals surface area contributed by atoms with Crippen molar-refractivity contribution in [3.8, 4) is 5.75 Å². The average molecular weight is 366 g/mol. The molecule has 0 bridgehead atoms. The lowest BCUT2D eigenvalue weighted by Gasteiger charge is -2.08. The van der Waals surface area contributed by atoms with Gasteiger partial charge in [0.25, 0.3) is 0 Å². The van der Waals surface area contributed by atoms with Crippen molar-refractivity contribution in [1.29, 1.82) is 0 Å². The van der Waals surface area contributed by atoms with E-state index in [9.17, 15) is 12.8 Å². The van der Waals surface area contributed by atoms with E-state index < -0.39 is 15.9 Å². The lowest BCUT2D eigenvalue weighted by molar-refractivity contribution is 0.485. The fourth-order valence-electron chi connectivity index (χ4n) is 1.31. The maximum atomic E-state index is 12.9. The monoisotopic (exact) mass is 364 g/mol. The van der Waals surface area contributed by atoms with Crippen LogP contribution in [-0.4, -0.2) is 8.42 Å². The van der Waals surface area contributed by atoms with Gasteiger partial charge in [-0.1, -0.05) is 27.5 Å². The Labute approximate surface area is 123 Å². The average Bonchev–Trinajstić information content (AvgIpc) is 2.33. The fraction of sp³-hybridized carbons (Fsp3) is 0. The van der Waals surface area contributed by atoms with Crippen LogP contribution < -0.4 is 4.18 Å². The molecule has 0 aliphatic carbocycles. The Morgan fingerprint density at radius 1 is 1.11 bits per heavy atom. The number of halogens is 3. The zero-order valence-corrected chi connectivity index (χ0v) is 12.5. The molecule has 0 fully saturated rings. The van der Waals surface area contributed by atoms with E-state index in [1.54, 1.807) is 12.1 Å². The van der Waals surface area contributed by atoms with Crippen LogP contribution >= 0.6 is 27.5 Å². The minimum absolute atomic E-state index is 0.0175. The van der Waals surface area contributed by atoms with Gasteiger partial charge < -0.3 is 4.18 Å². The fourth-order valence-corrected chi connectivity index (χ4v) is 2.77. The van der Waals surface area contributed by atoms with Crippen LogP contribution in [0.4, 0.5) is 4.39 Å². The lowest BCUT2D eigenvalue weighted by Crippen LogP contribution is -2.09. The topological polar surface area (TPSA) is 43.4 Å². The van der Waals surface area contributed by atoms with Crippen molar-refractivity contribution >= 4 is 37.6 Å². The second-order valence-electron chi connectivity index (χ2n) is 3.57. The van der Waals surface area contributed by atoms with Gasteiger partial charge in [0.1, 0.15) is 10.7 Å². The van der Waals surface area contributed by atoms with Crippen LogP contribution in [0, 0.1) is 5.82 Å². The summed E-state index contributed by atoms with van der Waals surface area (Å²) >= 11 is 8.91. The molecule has 0 amide bonds. The number of hydrogen-bond donors (Lipinski definition) is 0. The van der Waals surface area contributed by atoms with E-state index in [2.05, 4.69) is 15.9 Å². The molecule has 0 heterocycles. The summed E-state index contributed by atoms with van der Waals surface area (Å²) in [5.74, 6) is -0.690. The van der Waals surface area contributed by atoms with Crippen LogP contribution in [-0.2, 0) is 10.1 Å². The molecule has 0 aromatic heterocycles. The number of rotatable bonds is 3. The standard InChI is InChI=1S/C12H7BrClFO3S/c13-8-1-4-10(5-2-8)19(16,17)18-12-6-3-9(15)7-11(12)14/h1-7H. The molecule has 0 spiro atoms. The first-order valence-electron chi connectivity index (χ1n) is 5.03. The lowest BCUT2D eigenvalue weighted by atomic mass is 10.3. The van der Waals surface area contributed by atoms with Crippen molar-refractivity contribution in [1.82, 2.24) is 0 Å². The number of hydrogen-bond acceptors (Lipinski definition) is 3. The van der Waals surface area contributed by atoms with Crippen LogP contribution in [0.1, 0.15) is 0 Å². The highest BCUT2D eigenvalue weighted by atomic mass is 79.9. The first-order valence-corrected chi connectivity index (χ1v) is 7.61. The third-order valence-corrected chi connectivity index (χ3v) is 4.27. The second kappa shape index (κ2) is 5.48. The first kappa shape index (κ1) is 14.3. The maximum Gasteiger partial charge on any atom is 0.339 e. The molecule has 0 N–H and O–H groups in total. The minimum atomic E-state index is -3.99. The van der Waals surface area contributed by atoms with Crippen molar-refractivity contribution in [2.45, 2.75) is 4.90 Å². The summed E-state index contributed by atoms with van der Waals surface area (Å²) in [7, 11) is -3.99. The highest BCUT2D eigenvalue weighted by Crippen LogP contribution is 2.28. The summed E-state index contributed by atoms with van der Waals surface area (Å²) in [4.78, 5) is -0.0175. The molecule has 100 valence electrons. The van der Waals surface area contributed by atoms with Gasteiger partial charge in [0, 0.05) is 4.47 Å². The van der Waals surface area contributed by atoms with Gasteiger partial charge in [0.15, 0.2) is 5.75 Å². The van der Waals surface area contributed by atoms with Gasteiger partial charge in [0.05, 0.1) is 5.02 Å². The zero-order valence-electron chi connectivity index (χ0n) is 9.31. The van der Waals surface area contributed by atoms with Gasteiger partial charge in [-0.15, -0.1) is 0 Å². The van der Waals surface area contributed by atoms with Gasteiger partial charge in [-0.05, 0) is 42.5 Å². The van der Waals surface area contributed by atoms with Crippen LogP contribution in [0.5, 0.6) is 5.75 Å².